The highest BCUT2D eigenvalue weighted by atomic mass is 32.2. The van der Waals surface area contributed by atoms with Crippen LogP contribution in [0.3, 0.4) is 0 Å². The van der Waals surface area contributed by atoms with Crippen LogP contribution in [-0.4, -0.2) is 44.5 Å². The molecule has 142 valence electrons. The van der Waals surface area contributed by atoms with E-state index in [4.69, 9.17) is 5.84 Å². The Morgan fingerprint density at radius 2 is 1.70 bits per heavy atom. The number of hydrogen-bond donors (Lipinski definition) is 1. The molecule has 0 saturated carbocycles. The van der Waals surface area contributed by atoms with Crippen molar-refractivity contribution in [3.8, 4) is 0 Å². The fourth-order valence-electron chi connectivity index (χ4n) is 2.82. The summed E-state index contributed by atoms with van der Waals surface area (Å²) in [7, 11) is 0. The number of nitrogen functional groups attached to an aromatic ring is 1. The summed E-state index contributed by atoms with van der Waals surface area (Å²) in [5, 5.41) is 12.0. The molecular weight excluding hydrogens is 378 g/mol. The minimum Gasteiger partial charge on any atom is -0.343 e. The van der Waals surface area contributed by atoms with E-state index in [1.165, 1.54) is 32.8 Å². The Hall–Kier alpha value is -2.19. The molecule has 1 heterocycles. The van der Waals surface area contributed by atoms with Gasteiger partial charge in [0.25, 0.3) is 0 Å². The molecular formula is C19H23N5OS2. The molecule has 1 aromatic heterocycles. The normalized spacial score (nSPS) is 11.0. The minimum atomic E-state index is 0.0814. The second kappa shape index (κ2) is 9.14. The van der Waals surface area contributed by atoms with E-state index in [9.17, 15) is 4.79 Å². The van der Waals surface area contributed by atoms with Crippen molar-refractivity contribution in [1.29, 1.82) is 0 Å². The van der Waals surface area contributed by atoms with Crippen LogP contribution in [0.25, 0.3) is 10.8 Å². The van der Waals surface area contributed by atoms with Gasteiger partial charge in [-0.15, -0.1) is 10.2 Å². The summed E-state index contributed by atoms with van der Waals surface area (Å²) in [5.41, 5.74) is 1.23. The first-order valence-corrected chi connectivity index (χ1v) is 10.8. The molecule has 3 rings (SSSR count). The van der Waals surface area contributed by atoms with Gasteiger partial charge in [-0.05, 0) is 30.2 Å². The van der Waals surface area contributed by atoms with Gasteiger partial charge in [-0.1, -0.05) is 66.0 Å². The zero-order valence-corrected chi connectivity index (χ0v) is 17.1. The lowest BCUT2D eigenvalue weighted by molar-refractivity contribution is -0.127. The molecule has 0 spiro atoms. The van der Waals surface area contributed by atoms with Crippen LogP contribution in [0.15, 0.2) is 52.8 Å². The van der Waals surface area contributed by atoms with Gasteiger partial charge in [-0.3, -0.25) is 4.79 Å². The number of rotatable bonds is 8. The Morgan fingerprint density at radius 3 is 2.44 bits per heavy atom. The number of amides is 1. The number of nitrogens with zero attached hydrogens (tertiary/aromatic N) is 4. The van der Waals surface area contributed by atoms with Gasteiger partial charge in [-0.2, -0.15) is 0 Å². The van der Waals surface area contributed by atoms with Gasteiger partial charge in [0.05, 0.1) is 5.75 Å². The van der Waals surface area contributed by atoms with Gasteiger partial charge in [0, 0.05) is 18.8 Å². The molecule has 0 aliphatic rings. The molecule has 0 saturated heterocycles. The summed E-state index contributed by atoms with van der Waals surface area (Å²) >= 11 is 2.86. The van der Waals surface area contributed by atoms with Crippen LogP contribution in [-0.2, 0) is 10.5 Å². The zero-order chi connectivity index (χ0) is 19.2. The van der Waals surface area contributed by atoms with E-state index in [0.717, 1.165) is 5.75 Å². The first-order valence-electron chi connectivity index (χ1n) is 8.84. The van der Waals surface area contributed by atoms with Crippen molar-refractivity contribution < 1.29 is 4.79 Å². The maximum absolute atomic E-state index is 12.1. The number of carbonyl (C=O) groups excluding carboxylic acids is 1. The summed E-state index contributed by atoms with van der Waals surface area (Å²) in [5.74, 6) is 7.27. The van der Waals surface area contributed by atoms with Gasteiger partial charge in [0.15, 0.2) is 0 Å². The van der Waals surface area contributed by atoms with Crippen molar-refractivity contribution in [2.24, 2.45) is 0 Å². The number of hydrogen-bond acceptors (Lipinski definition) is 6. The van der Waals surface area contributed by atoms with Crippen molar-refractivity contribution in [1.82, 2.24) is 19.8 Å². The van der Waals surface area contributed by atoms with Gasteiger partial charge in [0.1, 0.15) is 0 Å². The second-order valence-electron chi connectivity index (χ2n) is 5.92. The standard InChI is InChI=1S/C19H23N5OS2/c1-3-23(4-2)17(25)13-27-19-22-21-18(24(19)20)26-12-15-10-7-9-14-8-5-6-11-16(14)15/h5-11H,3-4,12-13,20H2,1-2H3. The molecule has 8 heteroatoms. The molecule has 0 unspecified atom stereocenters. The minimum absolute atomic E-state index is 0.0814. The molecule has 2 N–H and O–H groups in total. The molecule has 3 aromatic rings. The largest absolute Gasteiger partial charge is 0.343 e. The third-order valence-electron chi connectivity index (χ3n) is 4.31. The maximum Gasteiger partial charge on any atom is 0.233 e. The molecule has 6 nitrogen and oxygen atoms in total. The average Bonchev–Trinajstić information content (AvgIpc) is 3.05. The molecule has 0 fully saturated rings. The van der Waals surface area contributed by atoms with E-state index >= 15 is 0 Å². The quantitative estimate of drug-likeness (QED) is 0.460. The summed E-state index contributed by atoms with van der Waals surface area (Å²) in [6, 6.07) is 14.6. The van der Waals surface area contributed by atoms with E-state index in [0.29, 0.717) is 29.2 Å². The van der Waals surface area contributed by atoms with Crippen LogP contribution in [0.1, 0.15) is 19.4 Å². The summed E-state index contributed by atoms with van der Waals surface area (Å²) in [6.45, 7) is 5.35. The predicted molar refractivity (Wildman–Crippen MR) is 112 cm³/mol. The lowest BCUT2D eigenvalue weighted by Gasteiger charge is -2.17. The van der Waals surface area contributed by atoms with E-state index < -0.39 is 0 Å². The lowest BCUT2D eigenvalue weighted by atomic mass is 10.1. The fraction of sp³-hybridized carbons (Fsp3) is 0.316. The summed E-state index contributed by atoms with van der Waals surface area (Å²) in [6.07, 6.45) is 0. The van der Waals surface area contributed by atoms with E-state index in [-0.39, 0.29) is 5.91 Å². The van der Waals surface area contributed by atoms with Crippen LogP contribution in [0, 0.1) is 0 Å². The van der Waals surface area contributed by atoms with Gasteiger partial charge in [0.2, 0.25) is 16.2 Å². The molecule has 0 atom stereocenters. The number of benzene rings is 2. The van der Waals surface area contributed by atoms with Crippen LogP contribution in [0.4, 0.5) is 0 Å². The number of fused-ring (bicyclic) bond motifs is 1. The van der Waals surface area contributed by atoms with Crippen molar-refractivity contribution in [2.75, 3.05) is 24.7 Å². The lowest BCUT2D eigenvalue weighted by Crippen LogP contribution is -2.32. The first kappa shape index (κ1) is 19.6. The van der Waals surface area contributed by atoms with Gasteiger partial charge >= 0.3 is 0 Å². The molecule has 0 bridgehead atoms. The molecule has 27 heavy (non-hydrogen) atoms. The fourth-order valence-corrected chi connectivity index (χ4v) is 4.49. The SMILES string of the molecule is CCN(CC)C(=O)CSc1nnc(SCc2cccc3ccccc23)n1N. The molecule has 0 aliphatic heterocycles. The Labute approximate surface area is 167 Å². The molecule has 0 radical (unpaired) electrons. The monoisotopic (exact) mass is 401 g/mol. The zero-order valence-electron chi connectivity index (χ0n) is 15.5. The highest BCUT2D eigenvalue weighted by Crippen LogP contribution is 2.27. The number of aromatic nitrogens is 3. The van der Waals surface area contributed by atoms with E-state index in [1.54, 1.807) is 16.7 Å². The van der Waals surface area contributed by atoms with Crippen molar-refractivity contribution >= 4 is 40.2 Å². The summed E-state index contributed by atoms with van der Waals surface area (Å²) < 4.78 is 1.47. The Kier molecular flexibility index (Phi) is 6.63. The van der Waals surface area contributed by atoms with Crippen LogP contribution < -0.4 is 5.84 Å². The van der Waals surface area contributed by atoms with Crippen LogP contribution in [0.2, 0.25) is 0 Å². The highest BCUT2D eigenvalue weighted by Gasteiger charge is 2.15. The topological polar surface area (TPSA) is 77.0 Å². The van der Waals surface area contributed by atoms with E-state index in [2.05, 4.69) is 40.5 Å². The number of carbonyl (C=O) groups is 1. The Balaban J connectivity index is 1.64. The number of nitrogens with two attached hydrogens (primary N) is 1. The predicted octanol–water partition coefficient (Wildman–Crippen LogP) is 3.40. The van der Waals surface area contributed by atoms with Gasteiger partial charge in [-0.25, -0.2) is 4.68 Å². The Bertz CT molecular complexity index is 918. The van der Waals surface area contributed by atoms with Crippen molar-refractivity contribution in [3.05, 3.63) is 48.0 Å². The average molecular weight is 402 g/mol. The van der Waals surface area contributed by atoms with Gasteiger partial charge < -0.3 is 10.7 Å². The maximum atomic E-state index is 12.1. The third kappa shape index (κ3) is 4.56. The highest BCUT2D eigenvalue weighted by molar-refractivity contribution is 8.00. The van der Waals surface area contributed by atoms with E-state index in [1.807, 2.05) is 26.0 Å². The smallest absolute Gasteiger partial charge is 0.233 e. The summed E-state index contributed by atoms with van der Waals surface area (Å²) in [4.78, 5) is 13.9. The molecule has 0 aliphatic carbocycles. The van der Waals surface area contributed by atoms with Crippen molar-refractivity contribution in [2.45, 2.75) is 29.9 Å². The Morgan fingerprint density at radius 1 is 1.04 bits per heavy atom. The second-order valence-corrected chi connectivity index (χ2v) is 7.80. The third-order valence-corrected chi connectivity index (χ3v) is 6.23. The molecule has 2 aromatic carbocycles. The van der Waals surface area contributed by atoms with Crippen LogP contribution >= 0.6 is 23.5 Å². The van der Waals surface area contributed by atoms with Crippen LogP contribution in [0.5, 0.6) is 0 Å². The molecule has 1 amide bonds. The first-order chi connectivity index (χ1) is 13.1. The van der Waals surface area contributed by atoms with Crippen molar-refractivity contribution in [3.63, 3.8) is 0 Å². The number of thioether (sulfide) groups is 2.